The fourth-order valence-electron chi connectivity index (χ4n) is 4.84. The molecule has 1 N–H and O–H groups in total. The number of anilines is 1. The Labute approximate surface area is 210 Å². The molecular weight excluding hydrogens is 460 g/mol. The first kappa shape index (κ1) is 25.7. The molecule has 8 heteroatoms. The number of nitrogens with zero attached hydrogens (tertiary/aromatic N) is 3. The van der Waals surface area contributed by atoms with Crippen molar-refractivity contribution in [2.45, 2.75) is 43.9 Å². The second-order valence-corrected chi connectivity index (χ2v) is 11.6. The van der Waals surface area contributed by atoms with Crippen LogP contribution in [0.2, 0.25) is 0 Å². The van der Waals surface area contributed by atoms with Crippen LogP contribution in [-0.4, -0.2) is 75.9 Å². The van der Waals surface area contributed by atoms with E-state index < -0.39 is 10.0 Å². The van der Waals surface area contributed by atoms with Gasteiger partial charge in [-0.05, 0) is 61.6 Å². The number of benzene rings is 2. The largest absolute Gasteiger partial charge is 0.369 e. The van der Waals surface area contributed by atoms with Crippen molar-refractivity contribution in [1.82, 2.24) is 14.5 Å². The molecule has 190 valence electrons. The number of rotatable bonds is 9. The third-order valence-electron chi connectivity index (χ3n) is 7.01. The van der Waals surface area contributed by atoms with Gasteiger partial charge in [0.25, 0.3) is 0 Å². The van der Waals surface area contributed by atoms with Crippen LogP contribution in [0.15, 0.2) is 53.4 Å². The number of nitrogens with one attached hydrogen (secondary N) is 1. The Kier molecular flexibility index (Phi) is 8.81. The predicted octanol–water partition coefficient (Wildman–Crippen LogP) is 3.04. The minimum Gasteiger partial charge on any atom is -0.369 e. The van der Waals surface area contributed by atoms with E-state index in [1.54, 1.807) is 16.4 Å². The van der Waals surface area contributed by atoms with Crippen molar-refractivity contribution < 1.29 is 13.2 Å². The first-order chi connectivity index (χ1) is 16.9. The van der Waals surface area contributed by atoms with Crippen LogP contribution in [0, 0.1) is 6.92 Å². The minimum absolute atomic E-state index is 0.0356. The van der Waals surface area contributed by atoms with Crippen LogP contribution in [0.5, 0.6) is 0 Å². The molecule has 2 aromatic carbocycles. The zero-order valence-electron chi connectivity index (χ0n) is 20.8. The van der Waals surface area contributed by atoms with Crippen LogP contribution in [0.4, 0.5) is 5.69 Å². The Morgan fingerprint density at radius 1 is 0.914 bits per heavy atom. The highest BCUT2D eigenvalue weighted by Gasteiger charge is 2.25. The maximum absolute atomic E-state index is 12.8. The van der Waals surface area contributed by atoms with Gasteiger partial charge in [0.15, 0.2) is 0 Å². The van der Waals surface area contributed by atoms with Gasteiger partial charge in [-0.2, -0.15) is 4.31 Å². The van der Waals surface area contributed by atoms with Crippen molar-refractivity contribution >= 4 is 21.6 Å². The molecule has 0 atom stereocenters. The lowest BCUT2D eigenvalue weighted by molar-refractivity contribution is -0.121. The van der Waals surface area contributed by atoms with Gasteiger partial charge in [-0.1, -0.05) is 30.7 Å². The molecule has 0 bridgehead atoms. The van der Waals surface area contributed by atoms with Gasteiger partial charge in [0.05, 0.1) is 4.90 Å². The summed E-state index contributed by atoms with van der Waals surface area (Å²) >= 11 is 0. The molecule has 2 aromatic rings. The van der Waals surface area contributed by atoms with Crippen LogP contribution < -0.4 is 10.2 Å². The van der Waals surface area contributed by atoms with E-state index in [4.69, 9.17) is 0 Å². The van der Waals surface area contributed by atoms with Crippen molar-refractivity contribution in [3.8, 4) is 0 Å². The number of hydrogen-bond acceptors (Lipinski definition) is 5. The summed E-state index contributed by atoms with van der Waals surface area (Å²) in [6, 6.07) is 15.6. The van der Waals surface area contributed by atoms with Gasteiger partial charge >= 0.3 is 0 Å². The number of piperidine rings is 1. The second kappa shape index (κ2) is 12.0. The number of amides is 1. The minimum atomic E-state index is -3.41. The molecule has 0 spiro atoms. The molecule has 2 aliphatic heterocycles. The van der Waals surface area contributed by atoms with E-state index in [-0.39, 0.29) is 5.91 Å². The Balaban J connectivity index is 1.14. The zero-order valence-corrected chi connectivity index (χ0v) is 21.6. The van der Waals surface area contributed by atoms with E-state index in [0.717, 1.165) is 57.5 Å². The summed E-state index contributed by atoms with van der Waals surface area (Å²) in [6.07, 6.45) is 3.95. The Hall–Kier alpha value is -2.42. The standard InChI is InChI=1S/C27H38N4O3S/c1-23-6-5-7-25(22-23)30-20-18-29(19-21-30)17-14-28-27(32)13-10-24-8-11-26(12-9-24)35(33,34)31-15-3-2-4-16-31/h5-9,11-12,22H,2-4,10,13-21H2,1H3,(H,28,32). The first-order valence-electron chi connectivity index (χ1n) is 12.8. The number of piperazine rings is 1. The topological polar surface area (TPSA) is 73.0 Å². The van der Waals surface area contributed by atoms with Crippen molar-refractivity contribution in [1.29, 1.82) is 0 Å². The van der Waals surface area contributed by atoms with Crippen molar-refractivity contribution in [3.05, 3.63) is 59.7 Å². The zero-order chi connectivity index (χ0) is 24.7. The molecule has 0 radical (unpaired) electrons. The summed E-state index contributed by atoms with van der Waals surface area (Å²) in [5.41, 5.74) is 3.55. The number of carbonyl (C=O) groups is 1. The van der Waals surface area contributed by atoms with Gasteiger partial charge in [-0.25, -0.2) is 8.42 Å². The number of aryl methyl sites for hydroxylation is 2. The summed E-state index contributed by atoms with van der Waals surface area (Å²) in [4.78, 5) is 17.5. The first-order valence-corrected chi connectivity index (χ1v) is 14.3. The van der Waals surface area contributed by atoms with Crippen molar-refractivity contribution in [2.75, 3.05) is 57.3 Å². The smallest absolute Gasteiger partial charge is 0.243 e. The number of sulfonamides is 1. The maximum atomic E-state index is 12.8. The molecule has 4 rings (SSSR count). The van der Waals surface area contributed by atoms with E-state index >= 15 is 0 Å². The fourth-order valence-corrected chi connectivity index (χ4v) is 6.35. The lowest BCUT2D eigenvalue weighted by atomic mass is 10.1. The average molecular weight is 499 g/mol. The predicted molar refractivity (Wildman–Crippen MR) is 140 cm³/mol. The highest BCUT2D eigenvalue weighted by molar-refractivity contribution is 7.89. The van der Waals surface area contributed by atoms with Gasteiger partial charge in [-0.3, -0.25) is 9.69 Å². The molecule has 2 heterocycles. The van der Waals surface area contributed by atoms with E-state index in [1.807, 2.05) is 12.1 Å². The van der Waals surface area contributed by atoms with Gasteiger partial charge in [-0.15, -0.1) is 0 Å². The van der Waals surface area contributed by atoms with Crippen molar-refractivity contribution in [2.24, 2.45) is 0 Å². The van der Waals surface area contributed by atoms with E-state index in [1.165, 1.54) is 11.3 Å². The third kappa shape index (κ3) is 7.06. The molecule has 2 fully saturated rings. The quantitative estimate of drug-likeness (QED) is 0.575. The maximum Gasteiger partial charge on any atom is 0.243 e. The molecule has 0 aromatic heterocycles. The van der Waals surface area contributed by atoms with Gasteiger partial charge in [0.1, 0.15) is 0 Å². The van der Waals surface area contributed by atoms with Gasteiger partial charge < -0.3 is 10.2 Å². The fraction of sp³-hybridized carbons (Fsp3) is 0.519. The van der Waals surface area contributed by atoms with Crippen LogP contribution in [-0.2, 0) is 21.2 Å². The Morgan fingerprint density at radius 3 is 2.31 bits per heavy atom. The molecule has 0 unspecified atom stereocenters. The molecule has 2 aliphatic rings. The van der Waals surface area contributed by atoms with Gasteiger partial charge in [0, 0.05) is 64.5 Å². The van der Waals surface area contributed by atoms with Crippen molar-refractivity contribution in [3.63, 3.8) is 0 Å². The lowest BCUT2D eigenvalue weighted by Crippen LogP contribution is -2.48. The SMILES string of the molecule is Cc1cccc(N2CCN(CCNC(=O)CCc3ccc(S(=O)(=O)N4CCCCC4)cc3)CC2)c1. The molecule has 35 heavy (non-hydrogen) atoms. The Bertz CT molecular complexity index is 1070. The highest BCUT2D eigenvalue weighted by atomic mass is 32.2. The normalized spacial score (nSPS) is 17.9. The molecule has 2 saturated heterocycles. The van der Waals surface area contributed by atoms with Crippen LogP contribution >= 0.6 is 0 Å². The van der Waals surface area contributed by atoms with Crippen LogP contribution in [0.3, 0.4) is 0 Å². The number of hydrogen-bond donors (Lipinski definition) is 1. The molecule has 0 saturated carbocycles. The third-order valence-corrected chi connectivity index (χ3v) is 8.92. The summed E-state index contributed by atoms with van der Waals surface area (Å²) in [5, 5.41) is 3.03. The van der Waals surface area contributed by atoms with Crippen LogP contribution in [0.1, 0.15) is 36.8 Å². The molecule has 1 amide bonds. The summed E-state index contributed by atoms with van der Waals surface area (Å²) in [5.74, 6) is 0.0356. The lowest BCUT2D eigenvalue weighted by Gasteiger charge is -2.36. The van der Waals surface area contributed by atoms with E-state index in [2.05, 4.69) is 46.3 Å². The Morgan fingerprint density at radius 2 is 1.63 bits per heavy atom. The second-order valence-electron chi connectivity index (χ2n) is 9.63. The molecular formula is C27H38N4O3S. The monoisotopic (exact) mass is 498 g/mol. The van der Waals surface area contributed by atoms with Crippen LogP contribution in [0.25, 0.3) is 0 Å². The number of carbonyl (C=O) groups excluding carboxylic acids is 1. The molecule has 0 aliphatic carbocycles. The summed E-state index contributed by atoms with van der Waals surface area (Å²) in [7, 11) is -3.41. The highest BCUT2D eigenvalue weighted by Crippen LogP contribution is 2.21. The van der Waals surface area contributed by atoms with Gasteiger partial charge in [0.2, 0.25) is 15.9 Å². The van der Waals surface area contributed by atoms with E-state index in [0.29, 0.717) is 37.4 Å². The molecule has 7 nitrogen and oxygen atoms in total. The average Bonchev–Trinajstić information content (AvgIpc) is 2.89. The summed E-state index contributed by atoms with van der Waals surface area (Å²) < 4.78 is 27.1. The summed E-state index contributed by atoms with van der Waals surface area (Å²) in [6.45, 7) is 8.83. The van der Waals surface area contributed by atoms with E-state index in [9.17, 15) is 13.2 Å².